The minimum absolute atomic E-state index is 0.541. The van der Waals surface area contributed by atoms with Crippen LogP contribution in [-0.2, 0) is 5.60 Å². The Morgan fingerprint density at radius 1 is 1.46 bits per heavy atom. The summed E-state index contributed by atoms with van der Waals surface area (Å²) >= 11 is 1.66. The Balaban J connectivity index is 2.13. The van der Waals surface area contributed by atoms with E-state index in [1.807, 2.05) is 17.5 Å². The number of hydrogen-bond donors (Lipinski definition) is 1. The molecule has 0 amide bonds. The first kappa shape index (κ1) is 9.19. The Bertz CT molecular complexity index is 262. The average Bonchev–Trinajstić information content (AvgIpc) is 2.63. The zero-order chi connectivity index (χ0) is 9.31. The van der Waals surface area contributed by atoms with Gasteiger partial charge in [0.1, 0.15) is 5.60 Å². The third-order valence-corrected chi connectivity index (χ3v) is 3.86. The van der Waals surface area contributed by atoms with E-state index < -0.39 is 5.60 Å². The Kier molecular flexibility index (Phi) is 2.41. The molecular formula is C10H15NOS. The average molecular weight is 197 g/mol. The van der Waals surface area contributed by atoms with Crippen LogP contribution < -0.4 is 0 Å². The molecule has 0 unspecified atom stereocenters. The van der Waals surface area contributed by atoms with E-state index in [4.69, 9.17) is 0 Å². The Morgan fingerprint density at radius 3 is 2.69 bits per heavy atom. The van der Waals surface area contributed by atoms with Crippen molar-refractivity contribution in [2.45, 2.75) is 18.4 Å². The van der Waals surface area contributed by atoms with Crippen molar-refractivity contribution in [1.29, 1.82) is 0 Å². The number of aliphatic hydroxyl groups is 1. The predicted octanol–water partition coefficient (Wildman–Crippen LogP) is 1.66. The summed E-state index contributed by atoms with van der Waals surface area (Å²) < 4.78 is 0. The van der Waals surface area contributed by atoms with E-state index in [9.17, 15) is 5.11 Å². The van der Waals surface area contributed by atoms with Gasteiger partial charge < -0.3 is 10.0 Å². The molecule has 1 N–H and O–H groups in total. The second-order valence-corrected chi connectivity index (χ2v) is 4.76. The maximum absolute atomic E-state index is 10.3. The molecule has 1 aliphatic rings. The van der Waals surface area contributed by atoms with Crippen molar-refractivity contribution in [3.05, 3.63) is 22.4 Å². The molecule has 2 nitrogen and oxygen atoms in total. The summed E-state index contributed by atoms with van der Waals surface area (Å²) in [6, 6.07) is 4.05. The van der Waals surface area contributed by atoms with Crippen LogP contribution in [0.1, 0.15) is 17.7 Å². The van der Waals surface area contributed by atoms with Crippen LogP contribution in [0.25, 0.3) is 0 Å². The van der Waals surface area contributed by atoms with E-state index in [1.165, 1.54) is 0 Å². The molecule has 0 spiro atoms. The molecule has 0 saturated carbocycles. The maximum atomic E-state index is 10.3. The molecule has 1 fully saturated rings. The summed E-state index contributed by atoms with van der Waals surface area (Å²) in [6.45, 7) is 1.99. The summed E-state index contributed by atoms with van der Waals surface area (Å²) in [4.78, 5) is 3.39. The lowest BCUT2D eigenvalue weighted by Gasteiger charge is -2.35. The fourth-order valence-electron chi connectivity index (χ4n) is 1.78. The highest BCUT2D eigenvalue weighted by atomic mass is 32.1. The molecule has 1 aromatic heterocycles. The second kappa shape index (κ2) is 3.40. The van der Waals surface area contributed by atoms with Gasteiger partial charge in [-0.1, -0.05) is 6.07 Å². The molecule has 2 heterocycles. The molecule has 1 aromatic rings. The van der Waals surface area contributed by atoms with Crippen LogP contribution in [0.2, 0.25) is 0 Å². The quantitative estimate of drug-likeness (QED) is 0.740. The number of likely N-dealkylation sites (tertiary alicyclic amines) is 1. The molecule has 0 atom stereocenters. The van der Waals surface area contributed by atoms with Crippen molar-refractivity contribution in [1.82, 2.24) is 4.90 Å². The molecule has 1 saturated heterocycles. The zero-order valence-electron chi connectivity index (χ0n) is 7.86. The topological polar surface area (TPSA) is 23.5 Å². The minimum Gasteiger partial charge on any atom is -0.384 e. The molecule has 0 radical (unpaired) electrons. The third kappa shape index (κ3) is 1.77. The number of hydrogen-bond acceptors (Lipinski definition) is 3. The first-order valence-corrected chi connectivity index (χ1v) is 5.54. The highest BCUT2D eigenvalue weighted by Gasteiger charge is 2.33. The monoisotopic (exact) mass is 197 g/mol. The van der Waals surface area contributed by atoms with E-state index >= 15 is 0 Å². The van der Waals surface area contributed by atoms with Crippen LogP contribution in [0.4, 0.5) is 0 Å². The van der Waals surface area contributed by atoms with Gasteiger partial charge in [-0.25, -0.2) is 0 Å². The lowest BCUT2D eigenvalue weighted by Crippen LogP contribution is -2.40. The van der Waals surface area contributed by atoms with Gasteiger partial charge in [-0.2, -0.15) is 0 Å². The van der Waals surface area contributed by atoms with Gasteiger partial charge in [0.05, 0.1) is 0 Å². The van der Waals surface area contributed by atoms with E-state index in [-0.39, 0.29) is 0 Å². The summed E-state index contributed by atoms with van der Waals surface area (Å²) in [5.74, 6) is 0. The van der Waals surface area contributed by atoms with Crippen molar-refractivity contribution in [3.63, 3.8) is 0 Å². The standard InChI is InChI=1S/C10H15NOS/c1-11-6-4-10(12,5-7-11)9-3-2-8-13-9/h2-3,8,12H,4-7H2,1H3. The normalized spacial score (nSPS) is 23.2. The van der Waals surface area contributed by atoms with Crippen LogP contribution in [0.5, 0.6) is 0 Å². The number of rotatable bonds is 1. The van der Waals surface area contributed by atoms with Crippen molar-refractivity contribution in [2.24, 2.45) is 0 Å². The smallest absolute Gasteiger partial charge is 0.101 e. The molecule has 2 rings (SSSR count). The number of piperidine rings is 1. The Hall–Kier alpha value is -0.380. The van der Waals surface area contributed by atoms with Gasteiger partial charge in [0, 0.05) is 18.0 Å². The van der Waals surface area contributed by atoms with Crippen LogP contribution >= 0.6 is 11.3 Å². The fraction of sp³-hybridized carbons (Fsp3) is 0.600. The molecule has 72 valence electrons. The lowest BCUT2D eigenvalue weighted by molar-refractivity contribution is -0.0172. The highest BCUT2D eigenvalue weighted by Crippen LogP contribution is 2.34. The van der Waals surface area contributed by atoms with Crippen LogP contribution in [0.15, 0.2) is 17.5 Å². The van der Waals surface area contributed by atoms with Crippen molar-refractivity contribution < 1.29 is 5.11 Å². The van der Waals surface area contributed by atoms with E-state index in [0.29, 0.717) is 0 Å². The largest absolute Gasteiger partial charge is 0.384 e. The Morgan fingerprint density at radius 2 is 2.15 bits per heavy atom. The summed E-state index contributed by atoms with van der Waals surface area (Å²) in [5.41, 5.74) is -0.541. The predicted molar refractivity (Wildman–Crippen MR) is 54.9 cm³/mol. The first-order valence-electron chi connectivity index (χ1n) is 4.66. The van der Waals surface area contributed by atoms with Gasteiger partial charge in [-0.05, 0) is 31.3 Å². The molecule has 13 heavy (non-hydrogen) atoms. The van der Waals surface area contributed by atoms with Gasteiger partial charge in [0.25, 0.3) is 0 Å². The summed E-state index contributed by atoms with van der Waals surface area (Å²) in [5, 5.41) is 12.4. The van der Waals surface area contributed by atoms with Gasteiger partial charge >= 0.3 is 0 Å². The van der Waals surface area contributed by atoms with Gasteiger partial charge in [0.15, 0.2) is 0 Å². The van der Waals surface area contributed by atoms with Crippen molar-refractivity contribution in [3.8, 4) is 0 Å². The van der Waals surface area contributed by atoms with Gasteiger partial charge in [-0.3, -0.25) is 0 Å². The van der Waals surface area contributed by atoms with Gasteiger partial charge in [0.2, 0.25) is 0 Å². The van der Waals surface area contributed by atoms with Crippen LogP contribution in [0.3, 0.4) is 0 Å². The number of nitrogens with zero attached hydrogens (tertiary/aromatic N) is 1. The first-order chi connectivity index (χ1) is 6.21. The zero-order valence-corrected chi connectivity index (χ0v) is 8.68. The van der Waals surface area contributed by atoms with Crippen molar-refractivity contribution >= 4 is 11.3 Å². The highest BCUT2D eigenvalue weighted by molar-refractivity contribution is 7.10. The third-order valence-electron chi connectivity index (χ3n) is 2.79. The van der Waals surface area contributed by atoms with E-state index in [1.54, 1.807) is 11.3 Å². The maximum Gasteiger partial charge on any atom is 0.101 e. The van der Waals surface area contributed by atoms with Crippen LogP contribution in [0, 0.1) is 0 Å². The fourth-order valence-corrected chi connectivity index (χ4v) is 2.66. The minimum atomic E-state index is -0.541. The van der Waals surface area contributed by atoms with Gasteiger partial charge in [-0.15, -0.1) is 11.3 Å². The molecule has 1 aliphatic heterocycles. The number of thiophene rings is 1. The second-order valence-electron chi connectivity index (χ2n) is 3.81. The van der Waals surface area contributed by atoms with Crippen molar-refractivity contribution in [2.75, 3.05) is 20.1 Å². The molecule has 0 aromatic carbocycles. The van der Waals surface area contributed by atoms with E-state index in [2.05, 4.69) is 11.9 Å². The molecule has 3 heteroatoms. The molecular weight excluding hydrogens is 182 g/mol. The summed E-state index contributed by atoms with van der Waals surface area (Å²) in [6.07, 6.45) is 1.73. The van der Waals surface area contributed by atoms with Crippen LogP contribution in [-0.4, -0.2) is 30.1 Å². The molecule has 0 bridgehead atoms. The summed E-state index contributed by atoms with van der Waals surface area (Å²) in [7, 11) is 2.11. The lowest BCUT2D eigenvalue weighted by atomic mass is 9.90. The van der Waals surface area contributed by atoms with E-state index in [0.717, 1.165) is 30.8 Å². The SMILES string of the molecule is CN1CCC(O)(c2cccs2)CC1. The Labute approximate surface area is 82.8 Å². The molecule has 0 aliphatic carbocycles.